The van der Waals surface area contributed by atoms with Crippen LogP contribution in [-0.4, -0.2) is 75.0 Å². The maximum atomic E-state index is 14.0. The average molecular weight is 554 g/mol. The van der Waals surface area contributed by atoms with Crippen LogP contribution in [0.1, 0.15) is 62.7 Å². The first kappa shape index (κ1) is 29.1. The molecule has 1 aliphatic carbocycles. The van der Waals surface area contributed by atoms with E-state index in [4.69, 9.17) is 11.6 Å². The molecule has 1 aromatic rings. The summed E-state index contributed by atoms with van der Waals surface area (Å²) in [5.41, 5.74) is -0.00683. The Labute approximate surface area is 226 Å². The number of nitrogens with one attached hydrogen (secondary N) is 2. The van der Waals surface area contributed by atoms with Crippen molar-refractivity contribution in [3.63, 3.8) is 0 Å². The number of hydrogen-bond acceptors (Lipinski definition) is 6. The molecule has 3 rings (SSSR count). The molecular weight excluding hydrogens is 518 g/mol. The van der Waals surface area contributed by atoms with Gasteiger partial charge in [0.1, 0.15) is 23.9 Å². The molecule has 204 valence electrons. The first-order chi connectivity index (χ1) is 17.5. The number of benzene rings is 1. The lowest BCUT2D eigenvalue weighted by molar-refractivity contribution is -0.151. The van der Waals surface area contributed by atoms with Crippen LogP contribution >= 0.6 is 23.4 Å². The fraction of sp³-hybridized carbons (Fsp3) is 0.615. The van der Waals surface area contributed by atoms with Crippen LogP contribution < -0.4 is 10.6 Å². The number of thioether (sulfide) groups is 1. The Balaban J connectivity index is 1.86. The second-order valence-corrected chi connectivity index (χ2v) is 11.6. The maximum Gasteiger partial charge on any atom is 0.326 e. The molecule has 0 spiro atoms. The smallest absolute Gasteiger partial charge is 0.326 e. The minimum Gasteiger partial charge on any atom is -0.507 e. The zero-order valence-corrected chi connectivity index (χ0v) is 23.0. The predicted octanol–water partition coefficient (Wildman–Crippen LogP) is 3.28. The van der Waals surface area contributed by atoms with E-state index in [0.29, 0.717) is 12.2 Å². The Morgan fingerprint density at radius 1 is 1.14 bits per heavy atom. The summed E-state index contributed by atoms with van der Waals surface area (Å²) in [5.74, 6) is -2.32. The van der Waals surface area contributed by atoms with Gasteiger partial charge in [-0.1, -0.05) is 31.9 Å². The average Bonchev–Trinajstić information content (AvgIpc) is 3.32. The number of piperidine rings is 1. The highest BCUT2D eigenvalue weighted by atomic mass is 35.5. The van der Waals surface area contributed by atoms with E-state index in [2.05, 4.69) is 10.6 Å². The number of rotatable bonds is 10. The lowest BCUT2D eigenvalue weighted by atomic mass is 9.85. The number of phenols is 1. The molecule has 1 aliphatic heterocycles. The molecule has 9 nitrogen and oxygen atoms in total. The Morgan fingerprint density at radius 2 is 1.86 bits per heavy atom. The number of likely N-dealkylation sites (tertiary alicyclic amines) is 1. The zero-order valence-electron chi connectivity index (χ0n) is 21.4. The topological polar surface area (TPSA) is 136 Å². The van der Waals surface area contributed by atoms with Crippen molar-refractivity contribution < 1.29 is 29.4 Å². The van der Waals surface area contributed by atoms with Crippen molar-refractivity contribution in [1.29, 1.82) is 0 Å². The van der Waals surface area contributed by atoms with Gasteiger partial charge in [0.2, 0.25) is 11.8 Å². The van der Waals surface area contributed by atoms with Gasteiger partial charge in [-0.3, -0.25) is 14.4 Å². The molecule has 1 heterocycles. The molecule has 0 radical (unpaired) electrons. The summed E-state index contributed by atoms with van der Waals surface area (Å²) in [5, 5.41) is 25.5. The molecule has 1 saturated carbocycles. The van der Waals surface area contributed by atoms with Gasteiger partial charge in [0.25, 0.3) is 5.91 Å². The Morgan fingerprint density at radius 3 is 2.49 bits per heavy atom. The van der Waals surface area contributed by atoms with Crippen LogP contribution in [0.15, 0.2) is 18.2 Å². The fourth-order valence-electron chi connectivity index (χ4n) is 5.39. The lowest BCUT2D eigenvalue weighted by Gasteiger charge is -2.45. The molecule has 0 unspecified atom stereocenters. The van der Waals surface area contributed by atoms with Gasteiger partial charge in [-0.2, -0.15) is 11.8 Å². The van der Waals surface area contributed by atoms with Crippen molar-refractivity contribution in [2.24, 2.45) is 11.8 Å². The highest BCUT2D eigenvalue weighted by molar-refractivity contribution is 7.98. The SMILES string of the molecule is CSCC[C@H](NC(=O)[C@@H]1CC[C@@H]2CCC[C@@H]2N1C(=O)[C@@H](NC(=O)c1ccc(Cl)cc1O)C(C)C)C(=O)O. The van der Waals surface area contributed by atoms with Crippen molar-refractivity contribution in [3.8, 4) is 5.75 Å². The molecule has 5 atom stereocenters. The first-order valence-electron chi connectivity index (χ1n) is 12.7. The van der Waals surface area contributed by atoms with Crippen LogP contribution in [0.4, 0.5) is 0 Å². The molecule has 0 bridgehead atoms. The number of amides is 3. The minimum atomic E-state index is -1.11. The Kier molecular flexibility index (Phi) is 10.1. The second kappa shape index (κ2) is 12.9. The number of phenolic OH excluding ortho intramolecular Hbond substituents is 1. The van der Waals surface area contributed by atoms with Crippen molar-refractivity contribution in [1.82, 2.24) is 15.5 Å². The molecule has 0 aromatic heterocycles. The third-order valence-corrected chi connectivity index (χ3v) is 8.21. The third-order valence-electron chi connectivity index (χ3n) is 7.33. The normalized spacial score (nSPS) is 22.7. The zero-order chi connectivity index (χ0) is 27.3. The second-order valence-electron chi connectivity index (χ2n) is 10.1. The monoisotopic (exact) mass is 553 g/mol. The van der Waals surface area contributed by atoms with Crippen LogP contribution in [0.3, 0.4) is 0 Å². The molecule has 2 aliphatic rings. The number of aromatic hydroxyl groups is 1. The highest BCUT2D eigenvalue weighted by Crippen LogP contribution is 2.40. The molecule has 11 heteroatoms. The summed E-state index contributed by atoms with van der Waals surface area (Å²) in [6, 6.07) is 1.19. The number of fused-ring (bicyclic) bond motifs is 1. The Bertz CT molecular complexity index is 1020. The van der Waals surface area contributed by atoms with Gasteiger partial charge in [0.05, 0.1) is 5.56 Å². The summed E-state index contributed by atoms with van der Waals surface area (Å²) >= 11 is 7.38. The van der Waals surface area contributed by atoms with E-state index in [1.807, 2.05) is 6.26 Å². The molecule has 37 heavy (non-hydrogen) atoms. The standard InChI is InChI=1S/C26H36ClN3O6S/c1-14(2)22(29-23(32)17-9-8-16(27)13-21(17)31)25(34)30-19-6-4-5-15(19)7-10-20(30)24(33)28-18(26(35)36)11-12-37-3/h8-9,13-15,18-20,22,31H,4-7,10-12H2,1-3H3,(H,28,33)(H,29,32)(H,35,36)/t15-,18-,19-,20-,22-/m0/s1. The van der Waals surface area contributed by atoms with Crippen molar-refractivity contribution >= 4 is 47.1 Å². The van der Waals surface area contributed by atoms with Gasteiger partial charge < -0.3 is 25.7 Å². The number of carbonyl (C=O) groups excluding carboxylic acids is 3. The van der Waals surface area contributed by atoms with Crippen LogP contribution in [0.25, 0.3) is 0 Å². The summed E-state index contributed by atoms with van der Waals surface area (Å²) in [4.78, 5) is 53.8. The largest absolute Gasteiger partial charge is 0.507 e. The van der Waals surface area contributed by atoms with E-state index in [9.17, 15) is 29.4 Å². The van der Waals surface area contributed by atoms with Crippen LogP contribution in [0.2, 0.25) is 5.02 Å². The van der Waals surface area contributed by atoms with E-state index in [1.54, 1.807) is 18.7 Å². The van der Waals surface area contributed by atoms with Gasteiger partial charge in [-0.05, 0) is 74.1 Å². The molecule has 1 saturated heterocycles. The Hall–Kier alpha value is -2.46. The van der Waals surface area contributed by atoms with Crippen LogP contribution in [0.5, 0.6) is 5.75 Å². The first-order valence-corrected chi connectivity index (χ1v) is 14.5. The minimum absolute atomic E-state index is 0.00683. The highest BCUT2D eigenvalue weighted by Gasteiger charge is 2.47. The lowest BCUT2D eigenvalue weighted by Crippen LogP contribution is -2.63. The van der Waals surface area contributed by atoms with Gasteiger partial charge in [0.15, 0.2) is 0 Å². The molecular formula is C26H36ClN3O6S. The molecule has 1 aromatic carbocycles. The number of carboxylic acids is 1. The van der Waals surface area contributed by atoms with Gasteiger partial charge in [-0.15, -0.1) is 0 Å². The van der Waals surface area contributed by atoms with Gasteiger partial charge >= 0.3 is 5.97 Å². The molecule has 2 fully saturated rings. The number of carbonyl (C=O) groups is 4. The number of halogens is 1. The van der Waals surface area contributed by atoms with Crippen molar-refractivity contribution in [3.05, 3.63) is 28.8 Å². The van der Waals surface area contributed by atoms with E-state index in [1.165, 1.54) is 30.0 Å². The number of hydrogen-bond donors (Lipinski definition) is 4. The van der Waals surface area contributed by atoms with E-state index in [-0.39, 0.29) is 46.5 Å². The fourth-order valence-corrected chi connectivity index (χ4v) is 6.03. The van der Waals surface area contributed by atoms with E-state index < -0.39 is 35.9 Å². The van der Waals surface area contributed by atoms with Crippen LogP contribution in [-0.2, 0) is 14.4 Å². The molecule has 3 amide bonds. The van der Waals surface area contributed by atoms with Crippen molar-refractivity contribution in [2.45, 2.75) is 76.5 Å². The number of aliphatic carboxylic acids is 1. The van der Waals surface area contributed by atoms with Gasteiger partial charge in [0, 0.05) is 11.1 Å². The summed E-state index contributed by atoms with van der Waals surface area (Å²) in [6.45, 7) is 3.61. The quantitative estimate of drug-likeness (QED) is 0.349. The number of nitrogens with zero attached hydrogens (tertiary/aromatic N) is 1. The van der Waals surface area contributed by atoms with Crippen molar-refractivity contribution in [2.75, 3.05) is 12.0 Å². The van der Waals surface area contributed by atoms with Crippen LogP contribution in [0, 0.1) is 11.8 Å². The van der Waals surface area contributed by atoms with E-state index in [0.717, 1.165) is 25.7 Å². The van der Waals surface area contributed by atoms with E-state index >= 15 is 0 Å². The summed E-state index contributed by atoms with van der Waals surface area (Å²) in [7, 11) is 0. The maximum absolute atomic E-state index is 14.0. The summed E-state index contributed by atoms with van der Waals surface area (Å²) in [6.07, 6.45) is 6.03. The predicted molar refractivity (Wildman–Crippen MR) is 143 cm³/mol. The summed E-state index contributed by atoms with van der Waals surface area (Å²) < 4.78 is 0. The van der Waals surface area contributed by atoms with Gasteiger partial charge in [-0.25, -0.2) is 4.79 Å². The third kappa shape index (κ3) is 6.90. The number of carboxylic acid groups (broad SMARTS) is 1. The molecule has 4 N–H and O–H groups in total.